The van der Waals surface area contributed by atoms with Crippen LogP contribution in [0.3, 0.4) is 0 Å². The Kier molecular flexibility index (Phi) is 5.58. The number of aliphatic hydroxyl groups excluding tert-OH is 1. The van der Waals surface area contributed by atoms with E-state index in [-0.39, 0.29) is 0 Å². The zero-order valence-electron chi connectivity index (χ0n) is 10.1. The fourth-order valence-corrected chi connectivity index (χ4v) is 2.50. The molecule has 90 valence electrons. The van der Waals surface area contributed by atoms with Gasteiger partial charge in [0.15, 0.2) is 0 Å². The van der Waals surface area contributed by atoms with Crippen molar-refractivity contribution >= 4 is 0 Å². The molecule has 1 fully saturated rings. The predicted octanol–water partition coefficient (Wildman–Crippen LogP) is 1.83. The van der Waals surface area contributed by atoms with Crippen molar-refractivity contribution < 1.29 is 14.6 Å². The van der Waals surface area contributed by atoms with Gasteiger partial charge < -0.3 is 14.6 Å². The number of rotatable bonds is 5. The van der Waals surface area contributed by atoms with Gasteiger partial charge in [-0.1, -0.05) is 13.8 Å². The molecule has 0 saturated heterocycles. The summed E-state index contributed by atoms with van der Waals surface area (Å²) in [5.74, 6) is 1.50. The molecule has 0 radical (unpaired) electrons. The summed E-state index contributed by atoms with van der Waals surface area (Å²) in [6.07, 6.45) is 3.41. The molecule has 1 aliphatic rings. The summed E-state index contributed by atoms with van der Waals surface area (Å²) in [6, 6.07) is 0. The van der Waals surface area contributed by atoms with Gasteiger partial charge in [0.1, 0.15) is 6.10 Å². The zero-order chi connectivity index (χ0) is 11.3. The number of methoxy groups -OCH3 is 1. The van der Waals surface area contributed by atoms with Crippen molar-refractivity contribution in [1.82, 2.24) is 0 Å². The van der Waals surface area contributed by atoms with Crippen LogP contribution in [-0.4, -0.2) is 37.6 Å². The van der Waals surface area contributed by atoms with Crippen molar-refractivity contribution in [3.8, 4) is 0 Å². The second-order valence-electron chi connectivity index (χ2n) is 4.98. The molecular weight excluding hydrogens is 192 g/mol. The van der Waals surface area contributed by atoms with Crippen molar-refractivity contribution in [1.29, 1.82) is 0 Å². The third-order valence-electron chi connectivity index (χ3n) is 3.02. The highest BCUT2D eigenvalue weighted by Gasteiger charge is 2.24. The Bertz CT molecular complexity index is 162. The van der Waals surface area contributed by atoms with Gasteiger partial charge in [0.05, 0.1) is 19.3 Å². The molecule has 3 nitrogen and oxygen atoms in total. The van der Waals surface area contributed by atoms with Gasteiger partial charge in [0, 0.05) is 7.11 Å². The lowest BCUT2D eigenvalue weighted by Gasteiger charge is -2.31. The van der Waals surface area contributed by atoms with Gasteiger partial charge >= 0.3 is 0 Å². The van der Waals surface area contributed by atoms with Gasteiger partial charge in [-0.3, -0.25) is 0 Å². The van der Waals surface area contributed by atoms with Crippen LogP contribution in [0.25, 0.3) is 0 Å². The van der Waals surface area contributed by atoms with E-state index >= 15 is 0 Å². The predicted molar refractivity (Wildman–Crippen MR) is 59.8 cm³/mol. The van der Waals surface area contributed by atoms with E-state index in [1.165, 1.54) is 6.42 Å². The SMILES string of the molecule is COCC(O)COC1CC(C)CC(C)C1. The lowest BCUT2D eigenvalue weighted by molar-refractivity contribution is -0.0580. The Labute approximate surface area is 92.8 Å². The molecule has 0 bridgehead atoms. The maximum absolute atomic E-state index is 9.46. The molecule has 0 aromatic rings. The maximum atomic E-state index is 9.46. The lowest BCUT2D eigenvalue weighted by Crippen LogP contribution is -2.30. The molecule has 3 heteroatoms. The molecule has 3 atom stereocenters. The van der Waals surface area contributed by atoms with Gasteiger partial charge in [-0.15, -0.1) is 0 Å². The van der Waals surface area contributed by atoms with E-state index in [4.69, 9.17) is 9.47 Å². The summed E-state index contributed by atoms with van der Waals surface area (Å²) >= 11 is 0. The summed E-state index contributed by atoms with van der Waals surface area (Å²) in [5.41, 5.74) is 0. The van der Waals surface area contributed by atoms with Crippen LogP contribution in [-0.2, 0) is 9.47 Å². The van der Waals surface area contributed by atoms with E-state index in [1.807, 2.05) is 0 Å². The second kappa shape index (κ2) is 6.46. The highest BCUT2D eigenvalue weighted by atomic mass is 16.5. The minimum atomic E-state index is -0.484. The topological polar surface area (TPSA) is 38.7 Å². The Balaban J connectivity index is 2.20. The van der Waals surface area contributed by atoms with Crippen LogP contribution < -0.4 is 0 Å². The number of ether oxygens (including phenoxy) is 2. The van der Waals surface area contributed by atoms with Crippen LogP contribution in [0.2, 0.25) is 0 Å². The van der Waals surface area contributed by atoms with Crippen LogP contribution in [0.4, 0.5) is 0 Å². The second-order valence-corrected chi connectivity index (χ2v) is 4.98. The highest BCUT2D eigenvalue weighted by molar-refractivity contribution is 4.75. The molecule has 0 spiro atoms. The lowest BCUT2D eigenvalue weighted by atomic mass is 9.82. The Morgan fingerprint density at radius 2 is 1.73 bits per heavy atom. The number of hydrogen-bond donors (Lipinski definition) is 1. The quantitative estimate of drug-likeness (QED) is 0.762. The summed E-state index contributed by atoms with van der Waals surface area (Å²) in [7, 11) is 1.59. The Morgan fingerprint density at radius 1 is 1.13 bits per heavy atom. The van der Waals surface area contributed by atoms with Crippen LogP contribution in [0.5, 0.6) is 0 Å². The Morgan fingerprint density at radius 3 is 2.27 bits per heavy atom. The number of hydrogen-bond acceptors (Lipinski definition) is 3. The van der Waals surface area contributed by atoms with Crippen LogP contribution >= 0.6 is 0 Å². The fourth-order valence-electron chi connectivity index (χ4n) is 2.50. The summed E-state index contributed by atoms with van der Waals surface area (Å²) in [5, 5.41) is 9.46. The van der Waals surface area contributed by atoms with Gasteiger partial charge in [-0.05, 0) is 31.1 Å². The van der Waals surface area contributed by atoms with E-state index in [9.17, 15) is 5.11 Å². The molecular formula is C12H24O3. The third kappa shape index (κ3) is 4.96. The zero-order valence-corrected chi connectivity index (χ0v) is 10.1. The molecule has 1 rings (SSSR count). The monoisotopic (exact) mass is 216 g/mol. The summed E-state index contributed by atoms with van der Waals surface area (Å²) < 4.78 is 10.6. The highest BCUT2D eigenvalue weighted by Crippen LogP contribution is 2.30. The molecule has 0 amide bonds. The van der Waals surface area contributed by atoms with Crippen molar-refractivity contribution in [2.24, 2.45) is 11.8 Å². The average molecular weight is 216 g/mol. The molecule has 0 aromatic heterocycles. The largest absolute Gasteiger partial charge is 0.388 e. The molecule has 1 aliphatic carbocycles. The first-order valence-corrected chi connectivity index (χ1v) is 5.90. The van der Waals surface area contributed by atoms with Crippen molar-refractivity contribution in [3.05, 3.63) is 0 Å². The molecule has 0 aliphatic heterocycles. The van der Waals surface area contributed by atoms with E-state index in [2.05, 4.69) is 13.8 Å². The smallest absolute Gasteiger partial charge is 0.101 e. The minimum Gasteiger partial charge on any atom is -0.388 e. The standard InChI is InChI=1S/C12H24O3/c1-9-4-10(2)6-12(5-9)15-8-11(13)7-14-3/h9-13H,4-8H2,1-3H3. The van der Waals surface area contributed by atoms with Crippen molar-refractivity contribution in [2.75, 3.05) is 20.3 Å². The molecule has 1 N–H and O–H groups in total. The number of aliphatic hydroxyl groups is 1. The molecule has 0 aromatic carbocycles. The first kappa shape index (κ1) is 12.9. The van der Waals surface area contributed by atoms with Gasteiger partial charge in [0.2, 0.25) is 0 Å². The summed E-state index contributed by atoms with van der Waals surface area (Å²) in [4.78, 5) is 0. The van der Waals surface area contributed by atoms with Crippen LogP contribution in [0, 0.1) is 11.8 Å². The Hall–Kier alpha value is -0.120. The first-order valence-electron chi connectivity index (χ1n) is 5.90. The van der Waals surface area contributed by atoms with E-state index in [0.717, 1.165) is 24.7 Å². The first-order chi connectivity index (χ1) is 7.11. The average Bonchev–Trinajstić information content (AvgIpc) is 2.14. The molecule has 15 heavy (non-hydrogen) atoms. The molecule has 1 saturated carbocycles. The molecule has 3 unspecified atom stereocenters. The van der Waals surface area contributed by atoms with Crippen molar-refractivity contribution in [3.63, 3.8) is 0 Å². The molecule has 0 heterocycles. The van der Waals surface area contributed by atoms with Gasteiger partial charge in [-0.2, -0.15) is 0 Å². The summed E-state index contributed by atoms with van der Waals surface area (Å²) in [6.45, 7) is 5.31. The normalized spacial score (nSPS) is 34.0. The minimum absolute atomic E-state index is 0.329. The van der Waals surface area contributed by atoms with E-state index < -0.39 is 6.10 Å². The third-order valence-corrected chi connectivity index (χ3v) is 3.02. The van der Waals surface area contributed by atoms with Crippen molar-refractivity contribution in [2.45, 2.75) is 45.3 Å². The fraction of sp³-hybridized carbons (Fsp3) is 1.00. The van der Waals surface area contributed by atoms with E-state index in [0.29, 0.717) is 19.3 Å². The van der Waals surface area contributed by atoms with E-state index in [1.54, 1.807) is 7.11 Å². The maximum Gasteiger partial charge on any atom is 0.101 e. The van der Waals surface area contributed by atoms with Gasteiger partial charge in [-0.25, -0.2) is 0 Å². The van der Waals surface area contributed by atoms with Crippen LogP contribution in [0.15, 0.2) is 0 Å². The van der Waals surface area contributed by atoms with Crippen LogP contribution in [0.1, 0.15) is 33.1 Å². The van der Waals surface area contributed by atoms with Gasteiger partial charge in [0.25, 0.3) is 0 Å².